The number of imide groups is 1. The Kier molecular flexibility index (Phi) is 19.3. The Bertz CT molecular complexity index is 402. The van der Waals surface area contributed by atoms with Crippen LogP contribution in [-0.4, -0.2) is 29.9 Å². The van der Waals surface area contributed by atoms with Crippen LogP contribution < -0.4 is 5.73 Å². The summed E-state index contributed by atoms with van der Waals surface area (Å²) in [5.74, 6) is -1.14. The topological polar surface area (TPSA) is 89.7 Å². The van der Waals surface area contributed by atoms with Gasteiger partial charge in [-0.25, -0.2) is 4.79 Å². The predicted molar refractivity (Wildman–Crippen MR) is 112 cm³/mol. The number of hydrogen-bond donors (Lipinski definition) is 1. The molecule has 0 aromatic carbocycles. The predicted octanol–water partition coefficient (Wildman–Crippen LogP) is 5.04. The fraction of sp³-hybridized carbons (Fsp3) is 0.864. The summed E-state index contributed by atoms with van der Waals surface area (Å²) in [6.45, 7) is 2.37. The van der Waals surface area contributed by atoms with Crippen molar-refractivity contribution in [2.45, 2.75) is 116 Å². The minimum absolute atomic E-state index is 0.0228. The molecule has 0 saturated heterocycles. The van der Waals surface area contributed by atoms with Gasteiger partial charge in [-0.3, -0.25) is 9.59 Å². The Morgan fingerprint density at radius 2 is 1.18 bits per heavy atom. The maximum absolute atomic E-state index is 11.6. The van der Waals surface area contributed by atoms with Crippen molar-refractivity contribution in [3.05, 3.63) is 0 Å². The summed E-state index contributed by atoms with van der Waals surface area (Å²) in [4.78, 5) is 38.6. The molecule has 0 aliphatic heterocycles. The van der Waals surface area contributed by atoms with Crippen molar-refractivity contribution in [3.8, 4) is 0 Å². The van der Waals surface area contributed by atoms with E-state index in [1.807, 2.05) is 0 Å². The summed E-state index contributed by atoms with van der Waals surface area (Å²) >= 11 is 0. The number of hydrogen-bond acceptors (Lipinski definition) is 5. The average molecular weight is 399 g/mol. The van der Waals surface area contributed by atoms with Crippen molar-refractivity contribution >= 4 is 18.3 Å². The first-order valence-electron chi connectivity index (χ1n) is 11.3. The van der Waals surface area contributed by atoms with Gasteiger partial charge in [-0.15, -0.1) is 5.06 Å². The zero-order valence-corrected chi connectivity index (χ0v) is 18.0. The molecule has 6 nitrogen and oxygen atoms in total. The van der Waals surface area contributed by atoms with Gasteiger partial charge < -0.3 is 10.6 Å². The summed E-state index contributed by atoms with van der Waals surface area (Å²) in [7, 11) is 0. The van der Waals surface area contributed by atoms with Crippen LogP contribution in [0.4, 0.5) is 0 Å². The van der Waals surface area contributed by atoms with Gasteiger partial charge in [0.15, 0.2) is 0 Å². The smallest absolute Gasteiger partial charge is 0.331 e. The van der Waals surface area contributed by atoms with Gasteiger partial charge in [0, 0.05) is 19.4 Å². The first kappa shape index (κ1) is 26.6. The maximum atomic E-state index is 11.6. The van der Waals surface area contributed by atoms with Crippen LogP contribution in [0, 0.1) is 0 Å². The number of unbranched alkanes of at least 4 members (excludes halogenated alkanes) is 14. The van der Waals surface area contributed by atoms with Crippen molar-refractivity contribution in [3.63, 3.8) is 0 Å². The number of nitrogens with two attached hydrogens (primary N) is 1. The molecule has 6 heteroatoms. The van der Waals surface area contributed by atoms with Gasteiger partial charge in [0.25, 0.3) is 12.3 Å². The zero-order valence-electron chi connectivity index (χ0n) is 18.0. The molecule has 0 spiro atoms. The lowest BCUT2D eigenvalue weighted by atomic mass is 10.0. The van der Waals surface area contributed by atoms with E-state index in [4.69, 9.17) is 10.6 Å². The highest BCUT2D eigenvalue weighted by Crippen LogP contribution is 2.13. The van der Waals surface area contributed by atoms with Gasteiger partial charge in [-0.05, 0) is 6.42 Å². The summed E-state index contributed by atoms with van der Waals surface area (Å²) in [5, 5.41) is 0.445. The van der Waals surface area contributed by atoms with Gasteiger partial charge in [-0.2, -0.15) is 0 Å². The van der Waals surface area contributed by atoms with Crippen molar-refractivity contribution in [1.82, 2.24) is 5.06 Å². The van der Waals surface area contributed by atoms with Gasteiger partial charge >= 0.3 is 5.97 Å². The normalized spacial score (nSPS) is 10.6. The van der Waals surface area contributed by atoms with E-state index in [-0.39, 0.29) is 25.8 Å². The molecule has 0 fully saturated rings. The van der Waals surface area contributed by atoms with Crippen LogP contribution in [0.3, 0.4) is 0 Å². The first-order chi connectivity index (χ1) is 13.7. The third kappa shape index (κ3) is 16.7. The second-order valence-corrected chi connectivity index (χ2v) is 7.53. The number of rotatable bonds is 19. The third-order valence-electron chi connectivity index (χ3n) is 4.88. The highest BCUT2D eigenvalue weighted by atomic mass is 16.7. The van der Waals surface area contributed by atoms with E-state index < -0.39 is 11.9 Å². The molecular weight excluding hydrogens is 356 g/mol. The van der Waals surface area contributed by atoms with E-state index in [0.717, 1.165) is 12.8 Å². The molecular formula is C22H42N2O4. The molecule has 0 saturated carbocycles. The molecule has 164 valence electrons. The molecule has 2 amide bonds. The molecule has 0 bridgehead atoms. The maximum Gasteiger partial charge on any atom is 0.333 e. The highest BCUT2D eigenvalue weighted by molar-refractivity contribution is 5.86. The molecule has 0 atom stereocenters. The fourth-order valence-corrected chi connectivity index (χ4v) is 3.16. The average Bonchev–Trinajstić information content (AvgIpc) is 2.69. The van der Waals surface area contributed by atoms with E-state index in [2.05, 4.69) is 6.92 Å². The molecule has 0 radical (unpaired) electrons. The summed E-state index contributed by atoms with van der Waals surface area (Å²) in [5.41, 5.74) is 5.25. The second-order valence-electron chi connectivity index (χ2n) is 7.53. The number of hydroxylamine groups is 2. The van der Waals surface area contributed by atoms with Crippen LogP contribution in [0.25, 0.3) is 0 Å². The molecule has 0 aromatic rings. The van der Waals surface area contributed by atoms with Gasteiger partial charge in [0.2, 0.25) is 0 Å². The molecule has 0 rings (SSSR count). The van der Waals surface area contributed by atoms with E-state index >= 15 is 0 Å². The molecule has 0 aromatic heterocycles. The summed E-state index contributed by atoms with van der Waals surface area (Å²) in [6.07, 6.45) is 19.3. The molecule has 0 heterocycles. The lowest BCUT2D eigenvalue weighted by Gasteiger charge is -2.13. The van der Waals surface area contributed by atoms with Crippen LogP contribution in [0.15, 0.2) is 0 Å². The van der Waals surface area contributed by atoms with Crippen LogP contribution >= 0.6 is 0 Å². The van der Waals surface area contributed by atoms with Gasteiger partial charge in [-0.1, -0.05) is 96.8 Å². The van der Waals surface area contributed by atoms with Crippen molar-refractivity contribution in [2.75, 3.05) is 6.54 Å². The highest BCUT2D eigenvalue weighted by Gasteiger charge is 2.16. The lowest BCUT2D eigenvalue weighted by Crippen LogP contribution is -2.33. The Hall–Kier alpha value is -1.43. The third-order valence-corrected chi connectivity index (χ3v) is 4.88. The fourth-order valence-electron chi connectivity index (χ4n) is 3.16. The molecule has 2 N–H and O–H groups in total. The van der Waals surface area contributed by atoms with E-state index in [0.29, 0.717) is 11.5 Å². The van der Waals surface area contributed by atoms with Gasteiger partial charge in [0.1, 0.15) is 0 Å². The van der Waals surface area contributed by atoms with Gasteiger partial charge in [0.05, 0.1) is 0 Å². The molecule has 28 heavy (non-hydrogen) atoms. The van der Waals surface area contributed by atoms with Crippen molar-refractivity contribution in [2.24, 2.45) is 5.73 Å². The number of carbonyl (C=O) groups is 3. The first-order valence-corrected chi connectivity index (χ1v) is 11.3. The van der Waals surface area contributed by atoms with E-state index in [1.165, 1.54) is 77.0 Å². The summed E-state index contributed by atoms with van der Waals surface area (Å²) < 4.78 is 0. The Morgan fingerprint density at radius 3 is 1.57 bits per heavy atom. The quantitative estimate of drug-likeness (QED) is 0.187. The Labute approximate surface area is 171 Å². The van der Waals surface area contributed by atoms with E-state index in [1.54, 1.807) is 0 Å². The number of carbonyl (C=O) groups excluding carboxylic acids is 3. The molecule has 0 aliphatic carbocycles. The van der Waals surface area contributed by atoms with Crippen molar-refractivity contribution in [1.29, 1.82) is 0 Å². The largest absolute Gasteiger partial charge is 0.333 e. The Balaban J connectivity index is 3.39. The minimum Gasteiger partial charge on any atom is -0.331 e. The van der Waals surface area contributed by atoms with Crippen molar-refractivity contribution < 1.29 is 19.2 Å². The zero-order chi connectivity index (χ0) is 20.9. The van der Waals surface area contributed by atoms with Crippen LogP contribution in [-0.2, 0) is 19.2 Å². The second kappa shape index (κ2) is 20.3. The van der Waals surface area contributed by atoms with E-state index in [9.17, 15) is 14.4 Å². The number of amides is 2. The van der Waals surface area contributed by atoms with Crippen LogP contribution in [0.5, 0.6) is 0 Å². The Morgan fingerprint density at radius 1 is 0.750 bits per heavy atom. The standard InChI is InChI=1S/C22H42N2O4/c1-2-3-4-5-6-7-8-9-10-11-12-13-14-15-16-17-22(27)28-24(20-25)21(26)18-19-23/h20H,2-19,23H2,1H3. The van der Waals surface area contributed by atoms with Crippen LogP contribution in [0.2, 0.25) is 0 Å². The monoisotopic (exact) mass is 398 g/mol. The molecule has 0 aliphatic rings. The summed E-state index contributed by atoms with van der Waals surface area (Å²) in [6, 6.07) is 0. The molecule has 0 unspecified atom stereocenters. The lowest BCUT2D eigenvalue weighted by molar-refractivity contribution is -0.196. The van der Waals surface area contributed by atoms with Crippen LogP contribution in [0.1, 0.15) is 116 Å². The SMILES string of the molecule is CCCCCCCCCCCCCCCCCC(=O)ON(C=O)C(=O)CCN. The minimum atomic E-state index is -0.595. The number of nitrogens with zero attached hydrogens (tertiary/aromatic N) is 1.